The number of aromatic nitrogens is 1. The highest BCUT2D eigenvalue weighted by Gasteiger charge is 2.16. The quantitative estimate of drug-likeness (QED) is 0.730. The Balaban J connectivity index is 1.74. The van der Waals surface area contributed by atoms with Crippen LogP contribution in [0.25, 0.3) is 0 Å². The Kier molecular flexibility index (Phi) is 3.14. The Labute approximate surface area is 85.3 Å². The Hall–Kier alpha value is -0.890. The summed E-state index contributed by atoms with van der Waals surface area (Å²) in [7, 11) is 0. The molecule has 1 heterocycles. The predicted octanol–water partition coefficient (Wildman–Crippen LogP) is 2.71. The minimum atomic E-state index is 0.736. The third kappa shape index (κ3) is 2.55. The van der Waals surface area contributed by atoms with Gasteiger partial charge in [0.2, 0.25) is 0 Å². The van der Waals surface area contributed by atoms with Crippen LogP contribution in [0.1, 0.15) is 30.5 Å². The van der Waals surface area contributed by atoms with Crippen molar-refractivity contribution in [2.24, 2.45) is 5.92 Å². The molecule has 0 radical (unpaired) electrons. The molecule has 1 saturated carbocycles. The molecule has 2 rings (SSSR count). The van der Waals surface area contributed by atoms with Gasteiger partial charge in [0.15, 0.2) is 0 Å². The first-order valence-corrected chi connectivity index (χ1v) is 5.34. The number of nitrogens with zero attached hydrogens (tertiary/aromatic N) is 1. The van der Waals surface area contributed by atoms with Gasteiger partial charge in [0.1, 0.15) is 0 Å². The predicted molar refractivity (Wildman–Crippen MR) is 56.0 cm³/mol. The van der Waals surface area contributed by atoms with Crippen molar-refractivity contribution in [3.05, 3.63) is 29.6 Å². The molecule has 14 heavy (non-hydrogen) atoms. The number of hydrogen-bond acceptors (Lipinski definition) is 2. The number of rotatable bonds is 4. The summed E-state index contributed by atoms with van der Waals surface area (Å²) in [5.74, 6) is 0.831. The average molecular weight is 191 g/mol. The molecule has 1 fully saturated rings. The molecule has 1 aliphatic carbocycles. The summed E-state index contributed by atoms with van der Waals surface area (Å²) in [6, 6.07) is 4.11. The molecule has 0 bridgehead atoms. The third-order valence-electron chi connectivity index (χ3n) is 2.81. The Bertz CT molecular complexity index is 294. The van der Waals surface area contributed by atoms with E-state index in [1.807, 2.05) is 19.2 Å². The molecule has 0 aromatic carbocycles. The van der Waals surface area contributed by atoms with E-state index in [1.54, 1.807) is 0 Å². The van der Waals surface area contributed by atoms with Crippen molar-refractivity contribution >= 4 is 0 Å². The average Bonchev–Trinajstić information content (AvgIpc) is 2.09. The fourth-order valence-corrected chi connectivity index (χ4v) is 1.70. The maximum atomic E-state index is 5.65. The second-order valence-electron chi connectivity index (χ2n) is 4.12. The van der Waals surface area contributed by atoms with Crippen LogP contribution in [-0.4, -0.2) is 11.6 Å². The van der Waals surface area contributed by atoms with E-state index < -0.39 is 0 Å². The molecule has 0 atom stereocenters. The van der Waals surface area contributed by atoms with Gasteiger partial charge in [-0.2, -0.15) is 0 Å². The van der Waals surface area contributed by atoms with Crippen LogP contribution >= 0.6 is 0 Å². The number of pyridine rings is 1. The van der Waals surface area contributed by atoms with Gasteiger partial charge in [-0.05, 0) is 43.4 Å². The van der Waals surface area contributed by atoms with E-state index in [2.05, 4.69) is 11.1 Å². The van der Waals surface area contributed by atoms with Crippen molar-refractivity contribution in [2.75, 3.05) is 6.61 Å². The molecule has 1 aromatic heterocycles. The zero-order valence-electron chi connectivity index (χ0n) is 8.70. The van der Waals surface area contributed by atoms with Crippen molar-refractivity contribution in [1.29, 1.82) is 0 Å². The fourth-order valence-electron chi connectivity index (χ4n) is 1.70. The second kappa shape index (κ2) is 4.56. The van der Waals surface area contributed by atoms with Gasteiger partial charge in [-0.1, -0.05) is 6.42 Å². The SMILES string of the molecule is Cc1cc(COCC2CCC2)ccn1. The van der Waals surface area contributed by atoms with Crippen LogP contribution in [0.4, 0.5) is 0 Å². The third-order valence-corrected chi connectivity index (χ3v) is 2.81. The summed E-state index contributed by atoms with van der Waals surface area (Å²) in [6.45, 7) is 3.68. The molecule has 2 nitrogen and oxygen atoms in total. The molecular formula is C12H17NO. The van der Waals surface area contributed by atoms with Crippen LogP contribution < -0.4 is 0 Å². The minimum absolute atomic E-state index is 0.736. The van der Waals surface area contributed by atoms with Crippen LogP contribution in [0.3, 0.4) is 0 Å². The van der Waals surface area contributed by atoms with Gasteiger partial charge < -0.3 is 4.74 Å². The van der Waals surface area contributed by atoms with Gasteiger partial charge in [0.25, 0.3) is 0 Å². The molecular weight excluding hydrogens is 174 g/mol. The molecule has 0 N–H and O–H groups in total. The van der Waals surface area contributed by atoms with Crippen LogP contribution in [0.5, 0.6) is 0 Å². The van der Waals surface area contributed by atoms with Crippen LogP contribution in [0.15, 0.2) is 18.3 Å². The van der Waals surface area contributed by atoms with E-state index in [0.717, 1.165) is 24.8 Å². The summed E-state index contributed by atoms with van der Waals surface area (Å²) < 4.78 is 5.65. The molecule has 0 spiro atoms. The molecule has 1 aliphatic rings. The highest BCUT2D eigenvalue weighted by Crippen LogP contribution is 2.26. The fraction of sp³-hybridized carbons (Fsp3) is 0.583. The summed E-state index contributed by atoms with van der Waals surface area (Å²) in [5, 5.41) is 0. The van der Waals surface area contributed by atoms with Gasteiger partial charge in [0.05, 0.1) is 6.61 Å². The largest absolute Gasteiger partial charge is 0.376 e. The lowest BCUT2D eigenvalue weighted by molar-refractivity contribution is 0.0596. The first kappa shape index (κ1) is 9.66. The first-order valence-electron chi connectivity index (χ1n) is 5.34. The lowest BCUT2D eigenvalue weighted by Gasteiger charge is -2.24. The summed E-state index contributed by atoms with van der Waals surface area (Å²) in [6.07, 6.45) is 5.95. The number of hydrogen-bond donors (Lipinski definition) is 0. The zero-order valence-corrected chi connectivity index (χ0v) is 8.70. The van der Waals surface area contributed by atoms with Gasteiger partial charge >= 0.3 is 0 Å². The molecule has 0 aliphatic heterocycles. The van der Waals surface area contributed by atoms with E-state index in [0.29, 0.717) is 0 Å². The molecule has 0 saturated heterocycles. The lowest BCUT2D eigenvalue weighted by Crippen LogP contribution is -2.17. The summed E-state index contributed by atoms with van der Waals surface area (Å²) >= 11 is 0. The van der Waals surface area contributed by atoms with Crippen LogP contribution in [-0.2, 0) is 11.3 Å². The van der Waals surface area contributed by atoms with Crippen molar-refractivity contribution in [3.8, 4) is 0 Å². The first-order chi connectivity index (χ1) is 6.84. The Morgan fingerprint density at radius 2 is 2.36 bits per heavy atom. The molecule has 2 heteroatoms. The van der Waals surface area contributed by atoms with Gasteiger partial charge in [-0.3, -0.25) is 4.98 Å². The monoisotopic (exact) mass is 191 g/mol. The smallest absolute Gasteiger partial charge is 0.0718 e. The van der Waals surface area contributed by atoms with Crippen molar-refractivity contribution in [3.63, 3.8) is 0 Å². The highest BCUT2D eigenvalue weighted by atomic mass is 16.5. The minimum Gasteiger partial charge on any atom is -0.376 e. The molecule has 0 amide bonds. The topological polar surface area (TPSA) is 22.1 Å². The van der Waals surface area contributed by atoms with Gasteiger partial charge in [-0.25, -0.2) is 0 Å². The van der Waals surface area contributed by atoms with E-state index in [1.165, 1.54) is 24.8 Å². The zero-order chi connectivity index (χ0) is 9.80. The standard InChI is InChI=1S/C12H17NO/c1-10-7-12(5-6-13-10)9-14-8-11-3-2-4-11/h5-7,11H,2-4,8-9H2,1H3. The lowest BCUT2D eigenvalue weighted by atomic mass is 9.86. The highest BCUT2D eigenvalue weighted by molar-refractivity contribution is 5.14. The van der Waals surface area contributed by atoms with Crippen molar-refractivity contribution in [2.45, 2.75) is 32.8 Å². The van der Waals surface area contributed by atoms with Crippen LogP contribution in [0, 0.1) is 12.8 Å². The van der Waals surface area contributed by atoms with Gasteiger partial charge in [0, 0.05) is 18.5 Å². The van der Waals surface area contributed by atoms with Crippen molar-refractivity contribution in [1.82, 2.24) is 4.98 Å². The summed E-state index contributed by atoms with van der Waals surface area (Å²) in [5.41, 5.74) is 2.30. The second-order valence-corrected chi connectivity index (χ2v) is 4.12. The van der Waals surface area contributed by atoms with E-state index >= 15 is 0 Å². The Morgan fingerprint density at radius 1 is 1.50 bits per heavy atom. The number of ether oxygens (including phenoxy) is 1. The van der Waals surface area contributed by atoms with E-state index in [-0.39, 0.29) is 0 Å². The van der Waals surface area contributed by atoms with E-state index in [4.69, 9.17) is 4.74 Å². The molecule has 1 aromatic rings. The van der Waals surface area contributed by atoms with Gasteiger partial charge in [-0.15, -0.1) is 0 Å². The summed E-state index contributed by atoms with van der Waals surface area (Å²) in [4.78, 5) is 4.15. The molecule has 0 unspecified atom stereocenters. The number of aryl methyl sites for hydroxylation is 1. The maximum Gasteiger partial charge on any atom is 0.0718 e. The van der Waals surface area contributed by atoms with E-state index in [9.17, 15) is 0 Å². The molecule has 76 valence electrons. The maximum absolute atomic E-state index is 5.65. The van der Waals surface area contributed by atoms with Crippen LogP contribution in [0.2, 0.25) is 0 Å². The Morgan fingerprint density at radius 3 is 3.00 bits per heavy atom. The normalized spacial score (nSPS) is 16.6. The van der Waals surface area contributed by atoms with Crippen molar-refractivity contribution < 1.29 is 4.74 Å².